The molecule has 0 aliphatic carbocycles. The zero-order valence-electron chi connectivity index (χ0n) is 11.2. The van der Waals surface area contributed by atoms with Crippen LogP contribution in [0.2, 0.25) is 0 Å². The Labute approximate surface area is 114 Å². The van der Waals surface area contributed by atoms with Crippen LogP contribution in [0.4, 0.5) is 11.4 Å². The van der Waals surface area contributed by atoms with Gasteiger partial charge in [0.15, 0.2) is 0 Å². The zero-order chi connectivity index (χ0) is 13.5. The van der Waals surface area contributed by atoms with Crippen LogP contribution in [0.3, 0.4) is 0 Å². The molecule has 2 aromatic rings. The van der Waals surface area contributed by atoms with Gasteiger partial charge in [-0.3, -0.25) is 0 Å². The van der Waals surface area contributed by atoms with Gasteiger partial charge in [0.1, 0.15) is 0 Å². The Balaban J connectivity index is 2.34. The molecule has 0 aromatic heterocycles. The first-order chi connectivity index (χ1) is 9.35. The highest BCUT2D eigenvalue weighted by molar-refractivity contribution is 5.64. The summed E-state index contributed by atoms with van der Waals surface area (Å²) in [6.45, 7) is 3.16. The largest absolute Gasteiger partial charge is 0.341 e. The van der Waals surface area contributed by atoms with Gasteiger partial charge < -0.3 is 4.90 Å². The molecule has 0 spiro atoms. The average molecular weight is 250 g/mol. The van der Waals surface area contributed by atoms with Gasteiger partial charge in [0, 0.05) is 17.9 Å². The van der Waals surface area contributed by atoms with Gasteiger partial charge in [0.25, 0.3) is 0 Å². The molecule has 0 saturated heterocycles. The fraction of sp³-hybridized carbons (Fsp3) is 0.235. The van der Waals surface area contributed by atoms with Crippen LogP contribution in [-0.4, -0.2) is 6.54 Å². The Hall–Kier alpha value is -2.27. The zero-order valence-corrected chi connectivity index (χ0v) is 11.2. The second kappa shape index (κ2) is 6.61. The lowest BCUT2D eigenvalue weighted by molar-refractivity contribution is 0.786. The number of nitriles is 1. The minimum absolute atomic E-state index is 0.704. The Morgan fingerprint density at radius 1 is 1.00 bits per heavy atom. The van der Waals surface area contributed by atoms with Gasteiger partial charge in [-0.15, -0.1) is 0 Å². The molecular weight excluding hydrogens is 232 g/mol. The summed E-state index contributed by atoms with van der Waals surface area (Å²) in [5.74, 6) is 0. The van der Waals surface area contributed by atoms with Crippen molar-refractivity contribution in [1.82, 2.24) is 0 Å². The Morgan fingerprint density at radius 3 is 2.42 bits per heavy atom. The summed E-state index contributed by atoms with van der Waals surface area (Å²) in [6, 6.07) is 20.3. The number of benzene rings is 2. The third-order valence-corrected chi connectivity index (χ3v) is 3.09. The molecule has 96 valence electrons. The van der Waals surface area contributed by atoms with Crippen LogP contribution in [0.15, 0.2) is 54.6 Å². The van der Waals surface area contributed by atoms with E-state index in [1.54, 1.807) is 0 Å². The van der Waals surface area contributed by atoms with Crippen molar-refractivity contribution in [1.29, 1.82) is 5.26 Å². The number of anilines is 2. The van der Waals surface area contributed by atoms with Gasteiger partial charge in [-0.1, -0.05) is 37.6 Å². The van der Waals surface area contributed by atoms with Crippen molar-refractivity contribution in [2.75, 3.05) is 11.4 Å². The SMILES string of the molecule is CCCCN(c1ccccc1)c1cccc(C#N)c1. The summed E-state index contributed by atoms with van der Waals surface area (Å²) in [5, 5.41) is 9.02. The van der Waals surface area contributed by atoms with E-state index in [-0.39, 0.29) is 0 Å². The highest BCUT2D eigenvalue weighted by Crippen LogP contribution is 2.26. The summed E-state index contributed by atoms with van der Waals surface area (Å²) in [5.41, 5.74) is 2.96. The molecule has 0 bridgehead atoms. The second-order valence-electron chi connectivity index (χ2n) is 4.50. The van der Waals surface area contributed by atoms with E-state index in [2.05, 4.69) is 36.1 Å². The fourth-order valence-electron chi connectivity index (χ4n) is 2.07. The highest BCUT2D eigenvalue weighted by Gasteiger charge is 2.08. The number of rotatable bonds is 5. The minimum Gasteiger partial charge on any atom is -0.341 e. The van der Waals surface area contributed by atoms with Crippen molar-refractivity contribution in [3.63, 3.8) is 0 Å². The molecule has 0 N–H and O–H groups in total. The van der Waals surface area contributed by atoms with Gasteiger partial charge in [-0.05, 0) is 36.8 Å². The molecule has 2 nitrogen and oxygen atoms in total. The average Bonchev–Trinajstić information content (AvgIpc) is 2.49. The molecule has 2 aromatic carbocycles. The van der Waals surface area contributed by atoms with Crippen molar-refractivity contribution in [2.24, 2.45) is 0 Å². The topological polar surface area (TPSA) is 27.0 Å². The lowest BCUT2D eigenvalue weighted by atomic mass is 10.1. The normalized spacial score (nSPS) is 9.89. The van der Waals surface area contributed by atoms with E-state index >= 15 is 0 Å². The molecule has 0 aliphatic rings. The Morgan fingerprint density at radius 2 is 1.74 bits per heavy atom. The molecule has 0 radical (unpaired) electrons. The van der Waals surface area contributed by atoms with E-state index in [9.17, 15) is 0 Å². The predicted octanol–water partition coefficient (Wildman–Crippen LogP) is 4.50. The van der Waals surface area contributed by atoms with Crippen molar-refractivity contribution in [3.8, 4) is 6.07 Å². The molecule has 0 saturated carbocycles. The van der Waals surface area contributed by atoms with E-state index < -0.39 is 0 Å². The predicted molar refractivity (Wildman–Crippen MR) is 79.5 cm³/mol. The summed E-state index contributed by atoms with van der Waals surface area (Å²) in [7, 11) is 0. The van der Waals surface area contributed by atoms with E-state index in [0.29, 0.717) is 5.56 Å². The highest BCUT2D eigenvalue weighted by atomic mass is 15.1. The van der Waals surface area contributed by atoms with Crippen molar-refractivity contribution < 1.29 is 0 Å². The first kappa shape index (κ1) is 13.2. The number of hydrogen-bond donors (Lipinski definition) is 0. The summed E-state index contributed by atoms with van der Waals surface area (Å²) in [4.78, 5) is 2.27. The van der Waals surface area contributed by atoms with Gasteiger partial charge in [-0.2, -0.15) is 5.26 Å². The third kappa shape index (κ3) is 3.35. The van der Waals surface area contributed by atoms with E-state index in [4.69, 9.17) is 5.26 Å². The number of unbranched alkanes of at least 4 members (excludes halogenated alkanes) is 1. The number of nitrogens with zero attached hydrogens (tertiary/aromatic N) is 2. The smallest absolute Gasteiger partial charge is 0.0992 e. The summed E-state index contributed by atoms with van der Waals surface area (Å²) in [6.07, 6.45) is 2.28. The first-order valence-electron chi connectivity index (χ1n) is 6.68. The van der Waals surface area contributed by atoms with E-state index in [1.807, 2.05) is 36.4 Å². The standard InChI is InChI=1S/C17H18N2/c1-2-3-12-19(16-9-5-4-6-10-16)17-11-7-8-15(13-17)14-18/h4-11,13H,2-3,12H2,1H3. The molecule has 0 atom stereocenters. The van der Waals surface area contributed by atoms with Crippen LogP contribution in [0.1, 0.15) is 25.3 Å². The van der Waals surface area contributed by atoms with Gasteiger partial charge >= 0.3 is 0 Å². The van der Waals surface area contributed by atoms with Gasteiger partial charge in [0.2, 0.25) is 0 Å². The van der Waals surface area contributed by atoms with Crippen molar-refractivity contribution in [3.05, 3.63) is 60.2 Å². The first-order valence-corrected chi connectivity index (χ1v) is 6.68. The second-order valence-corrected chi connectivity index (χ2v) is 4.50. The molecule has 0 unspecified atom stereocenters. The molecule has 19 heavy (non-hydrogen) atoms. The van der Waals surface area contributed by atoms with Crippen molar-refractivity contribution in [2.45, 2.75) is 19.8 Å². The number of hydrogen-bond acceptors (Lipinski definition) is 2. The lowest BCUT2D eigenvalue weighted by Gasteiger charge is -2.25. The molecule has 2 rings (SSSR count). The number of para-hydroxylation sites is 1. The molecule has 0 aliphatic heterocycles. The molecule has 2 heteroatoms. The minimum atomic E-state index is 0.704. The van der Waals surface area contributed by atoms with Crippen LogP contribution in [-0.2, 0) is 0 Å². The molecule has 0 amide bonds. The van der Waals surface area contributed by atoms with Crippen LogP contribution >= 0.6 is 0 Å². The summed E-state index contributed by atoms with van der Waals surface area (Å²) >= 11 is 0. The van der Waals surface area contributed by atoms with Crippen LogP contribution in [0.25, 0.3) is 0 Å². The summed E-state index contributed by atoms with van der Waals surface area (Å²) < 4.78 is 0. The molecular formula is C17H18N2. The maximum Gasteiger partial charge on any atom is 0.0992 e. The monoisotopic (exact) mass is 250 g/mol. The fourth-order valence-corrected chi connectivity index (χ4v) is 2.07. The Kier molecular flexibility index (Phi) is 4.58. The van der Waals surface area contributed by atoms with Crippen LogP contribution in [0, 0.1) is 11.3 Å². The lowest BCUT2D eigenvalue weighted by Crippen LogP contribution is -2.18. The van der Waals surface area contributed by atoms with E-state index in [0.717, 1.165) is 25.1 Å². The third-order valence-electron chi connectivity index (χ3n) is 3.09. The maximum atomic E-state index is 9.02. The maximum absolute atomic E-state index is 9.02. The molecule has 0 fully saturated rings. The van der Waals surface area contributed by atoms with Crippen LogP contribution in [0.5, 0.6) is 0 Å². The van der Waals surface area contributed by atoms with E-state index in [1.165, 1.54) is 5.69 Å². The molecule has 0 heterocycles. The van der Waals surface area contributed by atoms with Crippen molar-refractivity contribution >= 4 is 11.4 Å². The van der Waals surface area contributed by atoms with Gasteiger partial charge in [0.05, 0.1) is 11.6 Å². The quantitative estimate of drug-likeness (QED) is 0.781. The van der Waals surface area contributed by atoms with Gasteiger partial charge in [-0.25, -0.2) is 0 Å². The van der Waals surface area contributed by atoms with Crippen LogP contribution < -0.4 is 4.90 Å². The Bertz CT molecular complexity index is 555.